The van der Waals surface area contributed by atoms with E-state index in [2.05, 4.69) is 31.6 Å². The third-order valence-electron chi connectivity index (χ3n) is 4.15. The van der Waals surface area contributed by atoms with E-state index in [4.69, 9.17) is 4.74 Å². The molecule has 26 heavy (non-hydrogen) atoms. The van der Waals surface area contributed by atoms with Crippen LogP contribution in [-0.2, 0) is 19.6 Å². The third kappa shape index (κ3) is 5.21. The first-order valence-corrected chi connectivity index (χ1v) is 9.40. The van der Waals surface area contributed by atoms with Crippen molar-refractivity contribution in [2.24, 2.45) is 0 Å². The second kappa shape index (κ2) is 9.21. The van der Waals surface area contributed by atoms with Crippen LogP contribution in [0.4, 0.5) is 0 Å². The molecule has 0 unspecified atom stereocenters. The lowest BCUT2D eigenvalue weighted by molar-refractivity contribution is 0.302. The van der Waals surface area contributed by atoms with Crippen molar-refractivity contribution in [3.05, 3.63) is 82.3 Å². The number of aryl methyl sites for hydroxylation is 2. The number of halogens is 1. The van der Waals surface area contributed by atoms with E-state index in [0.29, 0.717) is 12.2 Å². The molecule has 0 aliphatic carbocycles. The fourth-order valence-corrected chi connectivity index (χ4v) is 3.23. The molecule has 0 N–H and O–H groups in total. The normalized spacial score (nSPS) is 10.5. The van der Waals surface area contributed by atoms with Gasteiger partial charge < -0.3 is 9.30 Å². The van der Waals surface area contributed by atoms with Crippen molar-refractivity contribution in [1.82, 2.24) is 9.55 Å². The number of nitriles is 1. The zero-order valence-electron chi connectivity index (χ0n) is 14.4. The molecule has 0 radical (unpaired) electrons. The average molecular weight is 410 g/mol. The van der Waals surface area contributed by atoms with E-state index in [1.807, 2.05) is 55.0 Å². The minimum Gasteiger partial charge on any atom is -0.489 e. The summed E-state index contributed by atoms with van der Waals surface area (Å²) in [5.41, 5.74) is 2.86. The number of nitrogens with zero attached hydrogens (tertiary/aromatic N) is 3. The topological polar surface area (TPSA) is 50.8 Å². The second-order valence-corrected chi connectivity index (χ2v) is 7.03. The molecule has 0 saturated heterocycles. The molecule has 0 aliphatic heterocycles. The van der Waals surface area contributed by atoms with E-state index in [1.54, 1.807) is 6.20 Å². The van der Waals surface area contributed by atoms with Crippen LogP contribution >= 0.6 is 15.9 Å². The van der Waals surface area contributed by atoms with Crippen molar-refractivity contribution >= 4 is 15.9 Å². The van der Waals surface area contributed by atoms with Crippen LogP contribution in [-0.4, -0.2) is 9.55 Å². The van der Waals surface area contributed by atoms with Gasteiger partial charge >= 0.3 is 0 Å². The Labute approximate surface area is 162 Å². The highest BCUT2D eigenvalue weighted by Crippen LogP contribution is 2.24. The number of unbranched alkanes of at least 4 members (excludes halogenated alkanes) is 1. The maximum atomic E-state index is 9.17. The van der Waals surface area contributed by atoms with E-state index >= 15 is 0 Å². The summed E-state index contributed by atoms with van der Waals surface area (Å²) in [5.74, 6) is 0.798. The highest BCUT2D eigenvalue weighted by Gasteiger charge is 2.07. The minimum atomic E-state index is 0.482. The summed E-state index contributed by atoms with van der Waals surface area (Å²) < 4.78 is 9.15. The summed E-state index contributed by atoms with van der Waals surface area (Å²) in [7, 11) is 0. The monoisotopic (exact) mass is 409 g/mol. The number of benzene rings is 2. The zero-order valence-corrected chi connectivity index (χ0v) is 16.0. The van der Waals surface area contributed by atoms with Crippen LogP contribution < -0.4 is 4.74 Å². The maximum Gasteiger partial charge on any atom is 0.124 e. The largest absolute Gasteiger partial charge is 0.489 e. The van der Waals surface area contributed by atoms with Gasteiger partial charge in [0.25, 0.3) is 0 Å². The predicted octanol–water partition coefficient (Wildman–Crippen LogP) is 5.12. The van der Waals surface area contributed by atoms with Crippen molar-refractivity contribution < 1.29 is 4.74 Å². The third-order valence-corrected chi connectivity index (χ3v) is 4.64. The maximum absolute atomic E-state index is 9.17. The number of rotatable bonds is 8. The van der Waals surface area contributed by atoms with Crippen LogP contribution in [0.5, 0.6) is 5.75 Å². The van der Waals surface area contributed by atoms with Gasteiger partial charge in [0.1, 0.15) is 12.4 Å². The summed E-state index contributed by atoms with van der Waals surface area (Å²) in [6, 6.07) is 15.9. The molecule has 0 amide bonds. The molecule has 1 heterocycles. The molecule has 0 bridgehead atoms. The fourth-order valence-electron chi connectivity index (χ4n) is 2.78. The van der Waals surface area contributed by atoms with Gasteiger partial charge in [-0.3, -0.25) is 0 Å². The lowest BCUT2D eigenvalue weighted by Gasteiger charge is -2.12. The Kier molecular flexibility index (Phi) is 6.45. The molecule has 132 valence electrons. The molecule has 4 nitrogen and oxygen atoms in total. The lowest BCUT2D eigenvalue weighted by atomic mass is 10.0. The van der Waals surface area contributed by atoms with Gasteiger partial charge in [-0.1, -0.05) is 34.1 Å². The Morgan fingerprint density at radius 3 is 2.85 bits per heavy atom. The van der Waals surface area contributed by atoms with Gasteiger partial charge in [0.15, 0.2) is 0 Å². The molecule has 1 aromatic heterocycles. The van der Waals surface area contributed by atoms with E-state index in [0.717, 1.165) is 47.2 Å². The Hall–Kier alpha value is -2.58. The van der Waals surface area contributed by atoms with E-state index in [-0.39, 0.29) is 0 Å². The minimum absolute atomic E-state index is 0.482. The molecular weight excluding hydrogens is 390 g/mol. The second-order valence-electron chi connectivity index (χ2n) is 6.11. The summed E-state index contributed by atoms with van der Waals surface area (Å²) in [5, 5.41) is 9.17. The molecule has 3 aromatic rings. The van der Waals surface area contributed by atoms with Crippen molar-refractivity contribution in [3.8, 4) is 11.8 Å². The van der Waals surface area contributed by atoms with E-state index < -0.39 is 0 Å². The number of ether oxygens (including phenoxy) is 1. The zero-order chi connectivity index (χ0) is 18.2. The average Bonchev–Trinajstić information content (AvgIpc) is 3.17. The number of imidazole rings is 1. The molecule has 5 heteroatoms. The number of hydrogen-bond donors (Lipinski definition) is 0. The predicted molar refractivity (Wildman–Crippen MR) is 105 cm³/mol. The standard InChI is InChI=1S/C21H20BrN3O/c22-20-6-3-4-18(12-20)15-26-21-13-17(14-23)7-8-19(21)5-1-2-10-25-11-9-24-16-25/h3-4,6-9,11-13,16H,1-2,5,10,15H2. The van der Waals surface area contributed by atoms with Crippen molar-refractivity contribution in [1.29, 1.82) is 5.26 Å². The molecule has 0 spiro atoms. The Morgan fingerprint density at radius 1 is 1.15 bits per heavy atom. The van der Waals surface area contributed by atoms with Gasteiger partial charge in [-0.2, -0.15) is 5.26 Å². The highest BCUT2D eigenvalue weighted by molar-refractivity contribution is 9.10. The highest BCUT2D eigenvalue weighted by atomic mass is 79.9. The van der Waals surface area contributed by atoms with Crippen molar-refractivity contribution in [2.45, 2.75) is 32.4 Å². The van der Waals surface area contributed by atoms with Gasteiger partial charge in [-0.15, -0.1) is 0 Å². The SMILES string of the molecule is N#Cc1ccc(CCCCn2ccnc2)c(OCc2cccc(Br)c2)c1. The molecule has 0 aliphatic rings. The van der Waals surface area contributed by atoms with E-state index in [9.17, 15) is 5.26 Å². The Morgan fingerprint density at radius 2 is 2.08 bits per heavy atom. The summed E-state index contributed by atoms with van der Waals surface area (Å²) in [4.78, 5) is 4.06. The van der Waals surface area contributed by atoms with Gasteiger partial charge in [-0.05, 0) is 54.7 Å². The quantitative estimate of drug-likeness (QED) is 0.485. The first-order valence-electron chi connectivity index (χ1n) is 8.60. The molecule has 0 atom stereocenters. The Balaban J connectivity index is 1.62. The van der Waals surface area contributed by atoms with Gasteiger partial charge in [0.2, 0.25) is 0 Å². The molecule has 0 saturated carbocycles. The van der Waals surface area contributed by atoms with E-state index in [1.165, 1.54) is 0 Å². The first kappa shape index (κ1) is 18.2. The van der Waals surface area contributed by atoms with Crippen LogP contribution in [0.3, 0.4) is 0 Å². The van der Waals surface area contributed by atoms with Crippen LogP contribution in [0.1, 0.15) is 29.5 Å². The molecule has 2 aromatic carbocycles. The van der Waals surface area contributed by atoms with Crippen LogP contribution in [0, 0.1) is 11.3 Å². The van der Waals surface area contributed by atoms with Crippen molar-refractivity contribution in [2.75, 3.05) is 0 Å². The van der Waals surface area contributed by atoms with Crippen molar-refractivity contribution in [3.63, 3.8) is 0 Å². The van der Waals surface area contributed by atoms with Crippen LogP contribution in [0.25, 0.3) is 0 Å². The number of aromatic nitrogens is 2. The molecule has 0 fully saturated rings. The Bertz CT molecular complexity index is 885. The first-order chi connectivity index (χ1) is 12.7. The smallest absolute Gasteiger partial charge is 0.124 e. The van der Waals surface area contributed by atoms with Crippen LogP contribution in [0.15, 0.2) is 65.7 Å². The fraction of sp³-hybridized carbons (Fsp3) is 0.238. The van der Waals surface area contributed by atoms with Crippen LogP contribution in [0.2, 0.25) is 0 Å². The lowest BCUT2D eigenvalue weighted by Crippen LogP contribution is -2.01. The van der Waals surface area contributed by atoms with Gasteiger partial charge in [-0.25, -0.2) is 4.98 Å². The van der Waals surface area contributed by atoms with Gasteiger partial charge in [0, 0.05) is 23.4 Å². The number of hydrogen-bond acceptors (Lipinski definition) is 3. The summed E-state index contributed by atoms with van der Waals surface area (Å²) >= 11 is 3.48. The summed E-state index contributed by atoms with van der Waals surface area (Å²) in [6.45, 7) is 1.45. The molecule has 3 rings (SSSR count). The van der Waals surface area contributed by atoms with Gasteiger partial charge in [0.05, 0.1) is 18.0 Å². The summed E-state index contributed by atoms with van der Waals surface area (Å²) in [6.07, 6.45) is 8.67. The molecular formula is C21H20BrN3O.